The summed E-state index contributed by atoms with van der Waals surface area (Å²) in [4.78, 5) is 27.9. The van der Waals surface area contributed by atoms with E-state index in [2.05, 4.69) is 5.32 Å². The number of piperidine rings is 1. The van der Waals surface area contributed by atoms with Gasteiger partial charge >= 0.3 is 0 Å². The lowest BCUT2D eigenvalue weighted by Crippen LogP contribution is -2.48. The van der Waals surface area contributed by atoms with Gasteiger partial charge in [0.15, 0.2) is 0 Å². The molecule has 0 saturated carbocycles. The van der Waals surface area contributed by atoms with Gasteiger partial charge in [-0.2, -0.15) is 0 Å². The number of thiophene rings is 1. The molecule has 2 amide bonds. The quantitative estimate of drug-likeness (QED) is 0.789. The van der Waals surface area contributed by atoms with Crippen LogP contribution in [0.4, 0.5) is 4.39 Å². The summed E-state index contributed by atoms with van der Waals surface area (Å²) in [6.07, 6.45) is 2.84. The maximum Gasteiger partial charge on any atom is 0.263 e. The van der Waals surface area contributed by atoms with E-state index in [4.69, 9.17) is 4.74 Å². The number of benzene rings is 1. The van der Waals surface area contributed by atoms with Crippen molar-refractivity contribution < 1.29 is 18.7 Å². The highest BCUT2D eigenvalue weighted by atomic mass is 32.1. The first-order valence-corrected chi connectivity index (χ1v) is 11.4. The number of nitrogens with zero attached hydrogens (tertiary/aromatic N) is 1. The van der Waals surface area contributed by atoms with Crippen molar-refractivity contribution in [3.63, 3.8) is 0 Å². The van der Waals surface area contributed by atoms with Crippen LogP contribution in [0.1, 0.15) is 40.9 Å². The van der Waals surface area contributed by atoms with Crippen molar-refractivity contribution >= 4 is 23.2 Å². The Morgan fingerprint density at radius 1 is 1.17 bits per heavy atom. The first-order chi connectivity index (χ1) is 14.6. The molecule has 1 aromatic carbocycles. The highest BCUT2D eigenvalue weighted by molar-refractivity contribution is 7.12. The van der Waals surface area contributed by atoms with Crippen molar-refractivity contribution in [2.45, 2.75) is 31.1 Å². The van der Waals surface area contributed by atoms with Gasteiger partial charge in [0.2, 0.25) is 5.91 Å². The molecule has 0 aliphatic carbocycles. The van der Waals surface area contributed by atoms with Crippen molar-refractivity contribution in [2.24, 2.45) is 5.92 Å². The van der Waals surface area contributed by atoms with Crippen molar-refractivity contribution in [2.75, 3.05) is 32.8 Å². The topological polar surface area (TPSA) is 58.6 Å². The predicted molar refractivity (Wildman–Crippen MR) is 114 cm³/mol. The van der Waals surface area contributed by atoms with Crippen LogP contribution in [0.2, 0.25) is 0 Å². The van der Waals surface area contributed by atoms with Gasteiger partial charge in [-0.3, -0.25) is 9.59 Å². The van der Waals surface area contributed by atoms with E-state index in [-0.39, 0.29) is 29.0 Å². The van der Waals surface area contributed by atoms with Crippen molar-refractivity contribution in [1.29, 1.82) is 0 Å². The zero-order valence-corrected chi connectivity index (χ0v) is 17.8. The summed E-state index contributed by atoms with van der Waals surface area (Å²) in [6.45, 7) is 2.88. The number of carbonyl (C=O) groups excluding carboxylic acids is 2. The fourth-order valence-electron chi connectivity index (χ4n) is 4.45. The molecule has 30 heavy (non-hydrogen) atoms. The van der Waals surface area contributed by atoms with Crippen LogP contribution in [-0.2, 0) is 14.9 Å². The molecule has 0 unspecified atom stereocenters. The maximum absolute atomic E-state index is 13.8. The zero-order chi connectivity index (χ0) is 21.0. The van der Waals surface area contributed by atoms with E-state index in [1.807, 2.05) is 28.5 Å². The van der Waals surface area contributed by atoms with Crippen molar-refractivity contribution in [3.8, 4) is 0 Å². The summed E-state index contributed by atoms with van der Waals surface area (Å²) in [5, 5.41) is 5.04. The van der Waals surface area contributed by atoms with Gasteiger partial charge in [-0.1, -0.05) is 18.2 Å². The average molecular weight is 431 g/mol. The minimum Gasteiger partial charge on any atom is -0.381 e. The first-order valence-electron chi connectivity index (χ1n) is 10.5. The molecule has 7 heteroatoms. The fourth-order valence-corrected chi connectivity index (χ4v) is 5.14. The molecule has 0 atom stereocenters. The molecule has 2 fully saturated rings. The monoisotopic (exact) mass is 430 g/mol. The molecular weight excluding hydrogens is 403 g/mol. The molecule has 2 aromatic rings. The predicted octanol–water partition coefficient (Wildman–Crippen LogP) is 3.60. The van der Waals surface area contributed by atoms with Crippen molar-refractivity contribution in [3.05, 3.63) is 58.0 Å². The molecule has 2 saturated heterocycles. The Morgan fingerprint density at radius 2 is 1.93 bits per heavy atom. The highest BCUT2D eigenvalue weighted by Crippen LogP contribution is 2.35. The lowest BCUT2D eigenvalue weighted by molar-refractivity contribution is -0.126. The van der Waals surface area contributed by atoms with E-state index in [1.54, 1.807) is 12.1 Å². The van der Waals surface area contributed by atoms with Gasteiger partial charge in [-0.05, 0) is 54.8 Å². The highest BCUT2D eigenvalue weighted by Gasteiger charge is 2.36. The lowest BCUT2D eigenvalue weighted by atomic mass is 9.74. The molecule has 3 heterocycles. The smallest absolute Gasteiger partial charge is 0.263 e. The maximum atomic E-state index is 13.8. The summed E-state index contributed by atoms with van der Waals surface area (Å²) in [6, 6.07) is 10.4. The summed E-state index contributed by atoms with van der Waals surface area (Å²) < 4.78 is 19.4. The van der Waals surface area contributed by atoms with E-state index in [0.717, 1.165) is 23.3 Å². The second-order valence-electron chi connectivity index (χ2n) is 8.16. The number of amides is 2. The normalized spacial score (nSPS) is 19.4. The van der Waals surface area contributed by atoms with Crippen LogP contribution in [0.25, 0.3) is 0 Å². The fraction of sp³-hybridized carbons (Fsp3) is 0.478. The van der Waals surface area contributed by atoms with Gasteiger partial charge in [0.05, 0.1) is 4.88 Å². The van der Waals surface area contributed by atoms with Crippen LogP contribution in [0.15, 0.2) is 41.8 Å². The third-order valence-electron chi connectivity index (χ3n) is 6.37. The molecule has 5 nitrogen and oxygen atoms in total. The van der Waals surface area contributed by atoms with Crippen LogP contribution in [0, 0.1) is 11.7 Å². The first kappa shape index (κ1) is 21.0. The van der Waals surface area contributed by atoms with E-state index < -0.39 is 0 Å². The molecule has 2 aliphatic rings. The summed E-state index contributed by atoms with van der Waals surface area (Å²) >= 11 is 1.45. The molecule has 2 aliphatic heterocycles. The molecule has 160 valence electrons. The summed E-state index contributed by atoms with van der Waals surface area (Å²) in [5.74, 6) is -0.272. The second kappa shape index (κ2) is 9.27. The van der Waals surface area contributed by atoms with Gasteiger partial charge in [-0.25, -0.2) is 4.39 Å². The molecule has 0 spiro atoms. The largest absolute Gasteiger partial charge is 0.381 e. The number of carbonyl (C=O) groups is 2. The van der Waals surface area contributed by atoms with E-state index >= 15 is 0 Å². The number of nitrogens with one attached hydrogen (secondary N) is 1. The number of hydrogen-bond donors (Lipinski definition) is 1. The van der Waals surface area contributed by atoms with E-state index in [9.17, 15) is 14.0 Å². The lowest BCUT2D eigenvalue weighted by Gasteiger charge is -2.38. The van der Waals surface area contributed by atoms with Gasteiger partial charge in [0.1, 0.15) is 5.82 Å². The molecular formula is C23H27FN2O3S. The van der Waals surface area contributed by atoms with Gasteiger partial charge in [-0.15, -0.1) is 11.3 Å². The number of hydrogen-bond acceptors (Lipinski definition) is 4. The van der Waals surface area contributed by atoms with Crippen LogP contribution in [0.3, 0.4) is 0 Å². The Bertz CT molecular complexity index is 872. The van der Waals surface area contributed by atoms with Crippen LogP contribution in [0.5, 0.6) is 0 Å². The van der Waals surface area contributed by atoms with Gasteiger partial charge in [0, 0.05) is 44.2 Å². The molecule has 0 radical (unpaired) electrons. The average Bonchev–Trinajstić information content (AvgIpc) is 3.33. The van der Waals surface area contributed by atoms with Crippen LogP contribution in [-0.4, -0.2) is 49.6 Å². The molecule has 1 aromatic heterocycles. The van der Waals surface area contributed by atoms with Crippen LogP contribution < -0.4 is 5.32 Å². The molecule has 1 N–H and O–H groups in total. The number of rotatable bonds is 5. The Hall–Kier alpha value is -2.25. The molecule has 4 rings (SSSR count). The number of likely N-dealkylation sites (tertiary alicyclic amines) is 1. The SMILES string of the molecule is O=C(NCC1(c2cccc(F)c2)CCOCC1)C1CCN(C(=O)c2cccs2)CC1. The third-order valence-corrected chi connectivity index (χ3v) is 7.23. The number of halogens is 1. The molecule has 0 bridgehead atoms. The van der Waals surface area contributed by atoms with Gasteiger partial charge in [0.25, 0.3) is 5.91 Å². The standard InChI is InChI=1S/C23H27FN2O3S/c24-19-4-1-3-18(15-19)23(8-12-29-13-9-23)16-25-21(27)17-6-10-26(11-7-17)22(28)20-5-2-14-30-20/h1-5,14-15,17H,6-13,16H2,(H,25,27). The Kier molecular flexibility index (Phi) is 6.49. The second-order valence-corrected chi connectivity index (χ2v) is 9.11. The Morgan fingerprint density at radius 3 is 2.60 bits per heavy atom. The van der Waals surface area contributed by atoms with Gasteiger partial charge < -0.3 is 15.0 Å². The Balaban J connectivity index is 1.35. The van der Waals surface area contributed by atoms with Crippen LogP contribution >= 0.6 is 11.3 Å². The van der Waals surface area contributed by atoms with E-state index in [0.29, 0.717) is 45.7 Å². The van der Waals surface area contributed by atoms with Crippen molar-refractivity contribution in [1.82, 2.24) is 10.2 Å². The third kappa shape index (κ3) is 4.57. The Labute approximate surface area is 180 Å². The minimum absolute atomic E-state index is 0.0282. The minimum atomic E-state index is -0.300. The zero-order valence-electron chi connectivity index (χ0n) is 16.9. The number of ether oxygens (including phenoxy) is 1. The summed E-state index contributed by atoms with van der Waals surface area (Å²) in [7, 11) is 0. The summed E-state index contributed by atoms with van der Waals surface area (Å²) in [5.41, 5.74) is 0.619. The van der Waals surface area contributed by atoms with E-state index in [1.165, 1.54) is 17.4 Å².